The van der Waals surface area contributed by atoms with Crippen LogP contribution in [-0.2, 0) is 0 Å². The van der Waals surface area contributed by atoms with Gasteiger partial charge in [0.2, 0.25) is 0 Å². The van der Waals surface area contributed by atoms with Gasteiger partial charge in [-0.3, -0.25) is 0 Å². The predicted molar refractivity (Wildman–Crippen MR) is 85.0 cm³/mol. The highest BCUT2D eigenvalue weighted by Gasteiger charge is 2.29. The average molecular weight is 277 g/mol. The monoisotopic (exact) mass is 277 g/mol. The fourth-order valence-electron chi connectivity index (χ4n) is 3.91. The van der Waals surface area contributed by atoms with E-state index >= 15 is 0 Å². The van der Waals surface area contributed by atoms with E-state index in [4.69, 9.17) is 4.42 Å². The third kappa shape index (κ3) is 3.66. The van der Waals surface area contributed by atoms with Crippen molar-refractivity contribution in [2.75, 3.05) is 7.05 Å². The van der Waals surface area contributed by atoms with Crippen molar-refractivity contribution in [2.24, 2.45) is 11.8 Å². The summed E-state index contributed by atoms with van der Waals surface area (Å²) in [7, 11) is 2.09. The molecule has 1 saturated carbocycles. The zero-order valence-electron chi connectivity index (χ0n) is 13.7. The maximum Gasteiger partial charge on any atom is 0.105 e. The van der Waals surface area contributed by atoms with Crippen molar-refractivity contribution in [1.82, 2.24) is 5.32 Å². The molecule has 1 aromatic rings. The van der Waals surface area contributed by atoms with Crippen LogP contribution in [0.1, 0.15) is 75.0 Å². The molecule has 1 aliphatic carbocycles. The fraction of sp³-hybridized carbons (Fsp3) is 0.778. The zero-order chi connectivity index (χ0) is 14.5. The topological polar surface area (TPSA) is 25.2 Å². The van der Waals surface area contributed by atoms with E-state index in [9.17, 15) is 0 Å². The van der Waals surface area contributed by atoms with Crippen molar-refractivity contribution >= 4 is 0 Å². The summed E-state index contributed by atoms with van der Waals surface area (Å²) in [4.78, 5) is 0. The molecule has 2 nitrogen and oxygen atoms in total. The molecular weight excluding hydrogens is 246 g/mol. The van der Waals surface area contributed by atoms with Gasteiger partial charge in [-0.2, -0.15) is 0 Å². The first-order valence-corrected chi connectivity index (χ1v) is 8.39. The van der Waals surface area contributed by atoms with E-state index in [-0.39, 0.29) is 0 Å². The van der Waals surface area contributed by atoms with Gasteiger partial charge < -0.3 is 9.73 Å². The maximum atomic E-state index is 5.72. The van der Waals surface area contributed by atoms with Crippen LogP contribution in [0, 0.1) is 25.7 Å². The second-order valence-corrected chi connectivity index (χ2v) is 6.56. The van der Waals surface area contributed by atoms with Gasteiger partial charge in [-0.1, -0.05) is 39.0 Å². The lowest BCUT2D eigenvalue weighted by molar-refractivity contribution is 0.217. The molecule has 1 aromatic heterocycles. The third-order valence-electron chi connectivity index (χ3n) is 5.05. The summed E-state index contributed by atoms with van der Waals surface area (Å²) in [6.07, 6.45) is 9.75. The Kier molecular flexibility index (Phi) is 5.71. The van der Waals surface area contributed by atoms with Crippen molar-refractivity contribution in [3.63, 3.8) is 0 Å². The minimum Gasteiger partial charge on any atom is -0.466 e. The minimum absolute atomic E-state index is 0.472. The smallest absolute Gasteiger partial charge is 0.105 e. The van der Waals surface area contributed by atoms with Crippen LogP contribution in [0.15, 0.2) is 10.5 Å². The summed E-state index contributed by atoms with van der Waals surface area (Å²) in [6.45, 7) is 6.44. The molecule has 0 aromatic carbocycles. The highest BCUT2D eigenvalue weighted by atomic mass is 16.3. The lowest BCUT2D eigenvalue weighted by Crippen LogP contribution is -2.29. The summed E-state index contributed by atoms with van der Waals surface area (Å²) in [5.41, 5.74) is 1.38. The summed E-state index contributed by atoms with van der Waals surface area (Å²) in [6, 6.07) is 2.69. The van der Waals surface area contributed by atoms with Crippen LogP contribution in [0.4, 0.5) is 0 Å². The first-order valence-electron chi connectivity index (χ1n) is 8.39. The quantitative estimate of drug-likeness (QED) is 0.777. The standard InChI is InChI=1S/C18H31NO/c1-5-6-7-15-8-10-16(11-9-15)18(19-4)17-12-13(2)20-14(17)3/h12,15-16,18-19H,5-11H2,1-4H3. The normalized spacial score (nSPS) is 24.8. The van der Waals surface area contributed by atoms with E-state index in [2.05, 4.69) is 32.3 Å². The van der Waals surface area contributed by atoms with Crippen molar-refractivity contribution in [2.45, 2.75) is 71.8 Å². The Morgan fingerprint density at radius 3 is 2.45 bits per heavy atom. The van der Waals surface area contributed by atoms with Crippen LogP contribution in [-0.4, -0.2) is 7.05 Å². The van der Waals surface area contributed by atoms with Crippen molar-refractivity contribution in [1.29, 1.82) is 0 Å². The van der Waals surface area contributed by atoms with Gasteiger partial charge >= 0.3 is 0 Å². The highest BCUT2D eigenvalue weighted by Crippen LogP contribution is 2.39. The molecule has 1 aliphatic rings. The number of furan rings is 1. The average Bonchev–Trinajstić information content (AvgIpc) is 2.78. The molecule has 2 heteroatoms. The Bertz CT molecular complexity index is 402. The molecule has 0 amide bonds. The number of nitrogens with one attached hydrogen (secondary N) is 1. The SMILES string of the molecule is CCCCC1CCC(C(NC)c2cc(C)oc2C)CC1. The summed E-state index contributed by atoms with van der Waals surface area (Å²) < 4.78 is 5.72. The van der Waals surface area contributed by atoms with Crippen LogP contribution < -0.4 is 5.32 Å². The zero-order valence-corrected chi connectivity index (χ0v) is 13.7. The van der Waals surface area contributed by atoms with Gasteiger partial charge in [0.1, 0.15) is 11.5 Å². The molecule has 20 heavy (non-hydrogen) atoms. The van der Waals surface area contributed by atoms with Crippen molar-refractivity contribution in [3.05, 3.63) is 23.2 Å². The van der Waals surface area contributed by atoms with E-state index in [0.29, 0.717) is 6.04 Å². The molecule has 0 radical (unpaired) electrons. The number of rotatable bonds is 6. The molecule has 0 saturated heterocycles. The molecule has 1 fully saturated rings. The Hall–Kier alpha value is -0.760. The summed E-state index contributed by atoms with van der Waals surface area (Å²) in [5.74, 6) is 3.88. The van der Waals surface area contributed by atoms with Crippen LogP contribution in [0.25, 0.3) is 0 Å². The largest absolute Gasteiger partial charge is 0.466 e. The van der Waals surface area contributed by atoms with Gasteiger partial charge in [-0.25, -0.2) is 0 Å². The molecule has 0 bridgehead atoms. The van der Waals surface area contributed by atoms with Crippen LogP contribution >= 0.6 is 0 Å². The number of hydrogen-bond donors (Lipinski definition) is 1. The molecule has 1 atom stereocenters. The lowest BCUT2D eigenvalue weighted by Gasteiger charge is -2.33. The van der Waals surface area contributed by atoms with E-state index in [1.165, 1.54) is 50.5 Å². The summed E-state index contributed by atoms with van der Waals surface area (Å²) in [5, 5.41) is 3.54. The predicted octanol–water partition coefficient (Wildman–Crippen LogP) is 5.15. The van der Waals surface area contributed by atoms with Crippen molar-refractivity contribution in [3.8, 4) is 0 Å². The van der Waals surface area contributed by atoms with Gasteiger partial charge in [0, 0.05) is 11.6 Å². The van der Waals surface area contributed by atoms with Gasteiger partial charge in [0.15, 0.2) is 0 Å². The number of aryl methyl sites for hydroxylation is 2. The number of unbranched alkanes of at least 4 members (excludes halogenated alkanes) is 1. The third-order valence-corrected chi connectivity index (χ3v) is 5.05. The van der Waals surface area contributed by atoms with Gasteiger partial charge in [-0.15, -0.1) is 0 Å². The van der Waals surface area contributed by atoms with Gasteiger partial charge in [-0.05, 0) is 51.6 Å². The fourth-order valence-corrected chi connectivity index (χ4v) is 3.91. The van der Waals surface area contributed by atoms with Crippen LogP contribution in [0.2, 0.25) is 0 Å². The minimum atomic E-state index is 0.472. The molecular formula is C18H31NO. The molecule has 1 heterocycles. The van der Waals surface area contributed by atoms with Gasteiger partial charge in [0.05, 0.1) is 0 Å². The molecule has 1 N–H and O–H groups in total. The summed E-state index contributed by atoms with van der Waals surface area (Å²) >= 11 is 0. The van der Waals surface area contributed by atoms with E-state index in [1.807, 2.05) is 6.92 Å². The number of hydrogen-bond acceptors (Lipinski definition) is 2. The van der Waals surface area contributed by atoms with Gasteiger partial charge in [0.25, 0.3) is 0 Å². The molecule has 0 spiro atoms. The second-order valence-electron chi connectivity index (χ2n) is 6.56. The molecule has 2 rings (SSSR count). The molecule has 114 valence electrons. The maximum absolute atomic E-state index is 5.72. The molecule has 1 unspecified atom stereocenters. The lowest BCUT2D eigenvalue weighted by atomic mass is 9.75. The van der Waals surface area contributed by atoms with E-state index in [1.54, 1.807) is 0 Å². The van der Waals surface area contributed by atoms with Crippen LogP contribution in [0.3, 0.4) is 0 Å². The first kappa shape index (κ1) is 15.6. The highest BCUT2D eigenvalue weighted by molar-refractivity contribution is 5.24. The Morgan fingerprint density at radius 1 is 1.25 bits per heavy atom. The van der Waals surface area contributed by atoms with E-state index < -0.39 is 0 Å². The van der Waals surface area contributed by atoms with Crippen molar-refractivity contribution < 1.29 is 4.42 Å². The molecule has 0 aliphatic heterocycles. The second kappa shape index (κ2) is 7.31. The Balaban J connectivity index is 1.95. The van der Waals surface area contributed by atoms with Crippen LogP contribution in [0.5, 0.6) is 0 Å². The Labute approximate surface area is 124 Å². The Morgan fingerprint density at radius 2 is 1.95 bits per heavy atom. The first-order chi connectivity index (χ1) is 9.65. The van der Waals surface area contributed by atoms with E-state index in [0.717, 1.165) is 23.4 Å².